The number of carbonyl (C=O) groups is 2. The molecule has 6 nitrogen and oxygen atoms in total. The van der Waals surface area contributed by atoms with Gasteiger partial charge in [0.1, 0.15) is 11.5 Å². The summed E-state index contributed by atoms with van der Waals surface area (Å²) in [5.41, 5.74) is 3.05. The van der Waals surface area contributed by atoms with Crippen LogP contribution in [0.5, 0.6) is 11.5 Å². The fraction of sp³-hybridized carbons (Fsp3) is 0.286. The summed E-state index contributed by atoms with van der Waals surface area (Å²) in [6.07, 6.45) is 1.25. The van der Waals surface area contributed by atoms with Crippen LogP contribution in [-0.4, -0.2) is 43.7 Å². The first-order valence-electron chi connectivity index (χ1n) is 11.7. The molecule has 0 bridgehead atoms. The number of esters is 1. The molecule has 1 fully saturated rings. The monoisotopic (exact) mass is 523 g/mol. The number of rotatable bonds is 10. The molecular formula is C28H29NO5S2. The highest BCUT2D eigenvalue weighted by molar-refractivity contribution is 8.16. The second kappa shape index (κ2) is 13.3. The van der Waals surface area contributed by atoms with Crippen LogP contribution in [0, 0.1) is 0 Å². The second-order valence-corrected chi connectivity index (χ2v) is 10.9. The lowest BCUT2D eigenvalue weighted by atomic mass is 9.98. The smallest absolute Gasteiger partial charge is 0.344 e. The number of carbonyl (C=O) groups excluding carboxylic acids is 2. The highest BCUT2D eigenvalue weighted by atomic mass is 32.2. The molecule has 0 spiro atoms. The zero-order valence-electron chi connectivity index (χ0n) is 20.1. The third-order valence-corrected chi connectivity index (χ3v) is 8.60. The predicted molar refractivity (Wildman–Crippen MR) is 145 cm³/mol. The standard InChI is InChI=1S/C28H29NO5S2/c1-32-23-12-8-21(9-13-23)27(20-6-3-2-4-7-20)29-25(30)18-34-26(31)19-33-24-14-10-22(11-15-24)28-35-16-5-17-36-28/h2-4,6-15,27-28H,5,16-19H2,1H3,(H,29,30)/t27-/m1/s1. The van der Waals surface area contributed by atoms with E-state index in [9.17, 15) is 9.59 Å². The van der Waals surface area contributed by atoms with Crippen molar-refractivity contribution < 1.29 is 23.8 Å². The first-order valence-corrected chi connectivity index (χ1v) is 13.8. The van der Waals surface area contributed by atoms with Crippen LogP contribution in [0.1, 0.15) is 33.7 Å². The number of ether oxygens (including phenoxy) is 3. The minimum Gasteiger partial charge on any atom is -0.497 e. The fourth-order valence-electron chi connectivity index (χ4n) is 3.74. The molecule has 36 heavy (non-hydrogen) atoms. The number of methoxy groups -OCH3 is 1. The van der Waals surface area contributed by atoms with E-state index in [1.165, 1.54) is 23.5 Å². The molecule has 1 amide bonds. The highest BCUT2D eigenvalue weighted by Crippen LogP contribution is 2.43. The summed E-state index contributed by atoms with van der Waals surface area (Å²) in [7, 11) is 1.61. The largest absolute Gasteiger partial charge is 0.497 e. The van der Waals surface area contributed by atoms with Gasteiger partial charge >= 0.3 is 5.97 Å². The number of amides is 1. The van der Waals surface area contributed by atoms with Crippen LogP contribution >= 0.6 is 23.5 Å². The van der Waals surface area contributed by atoms with Gasteiger partial charge in [-0.05, 0) is 58.9 Å². The Kier molecular flexibility index (Phi) is 9.58. The van der Waals surface area contributed by atoms with E-state index in [0.29, 0.717) is 10.3 Å². The molecule has 0 saturated carbocycles. The van der Waals surface area contributed by atoms with Gasteiger partial charge in [-0.2, -0.15) is 0 Å². The van der Waals surface area contributed by atoms with Crippen LogP contribution in [0.15, 0.2) is 78.9 Å². The van der Waals surface area contributed by atoms with Gasteiger partial charge < -0.3 is 19.5 Å². The molecule has 1 heterocycles. The van der Waals surface area contributed by atoms with Gasteiger partial charge in [-0.1, -0.05) is 54.6 Å². The molecule has 1 atom stereocenters. The van der Waals surface area contributed by atoms with Crippen molar-refractivity contribution in [1.29, 1.82) is 0 Å². The van der Waals surface area contributed by atoms with E-state index in [1.807, 2.05) is 102 Å². The molecule has 0 radical (unpaired) electrons. The summed E-state index contributed by atoms with van der Waals surface area (Å²) in [5, 5.41) is 2.95. The van der Waals surface area contributed by atoms with Gasteiger partial charge in [-0.25, -0.2) is 4.79 Å². The van der Waals surface area contributed by atoms with Gasteiger partial charge in [-0.15, -0.1) is 23.5 Å². The van der Waals surface area contributed by atoms with Gasteiger partial charge in [0.15, 0.2) is 13.2 Å². The van der Waals surface area contributed by atoms with E-state index in [1.54, 1.807) is 7.11 Å². The zero-order valence-corrected chi connectivity index (χ0v) is 21.7. The molecule has 1 aliphatic heterocycles. The van der Waals surface area contributed by atoms with Gasteiger partial charge in [0.25, 0.3) is 5.91 Å². The van der Waals surface area contributed by atoms with E-state index < -0.39 is 24.5 Å². The van der Waals surface area contributed by atoms with Crippen LogP contribution < -0.4 is 14.8 Å². The normalized spacial score (nSPS) is 14.5. The zero-order chi connectivity index (χ0) is 25.2. The minimum atomic E-state index is -0.603. The summed E-state index contributed by atoms with van der Waals surface area (Å²) in [5.74, 6) is 2.68. The molecule has 0 aliphatic carbocycles. The lowest BCUT2D eigenvalue weighted by molar-refractivity contribution is -0.150. The molecule has 1 aliphatic rings. The Bertz CT molecular complexity index is 1120. The van der Waals surface area contributed by atoms with Crippen molar-refractivity contribution >= 4 is 35.4 Å². The number of nitrogens with one attached hydrogen (secondary N) is 1. The molecule has 8 heteroatoms. The summed E-state index contributed by atoms with van der Waals surface area (Å²) in [6, 6.07) is 24.5. The Balaban J connectivity index is 1.27. The van der Waals surface area contributed by atoms with Gasteiger partial charge in [0, 0.05) is 0 Å². The molecule has 4 rings (SSSR count). The lowest BCUT2D eigenvalue weighted by Gasteiger charge is -2.21. The van der Waals surface area contributed by atoms with Crippen molar-refractivity contribution in [2.24, 2.45) is 0 Å². The summed E-state index contributed by atoms with van der Waals surface area (Å²) in [4.78, 5) is 24.8. The van der Waals surface area contributed by atoms with Gasteiger partial charge in [0.05, 0.1) is 17.7 Å². The third-order valence-electron chi connectivity index (χ3n) is 5.59. The summed E-state index contributed by atoms with van der Waals surface area (Å²) >= 11 is 3.91. The van der Waals surface area contributed by atoms with Crippen molar-refractivity contribution in [3.05, 3.63) is 95.6 Å². The van der Waals surface area contributed by atoms with E-state index in [2.05, 4.69) is 5.32 Å². The Hall–Kier alpha value is -3.10. The van der Waals surface area contributed by atoms with Crippen LogP contribution in [0.3, 0.4) is 0 Å². The first-order chi connectivity index (χ1) is 17.6. The number of hydrogen-bond acceptors (Lipinski definition) is 7. The predicted octanol–water partition coefficient (Wildman–Crippen LogP) is 5.39. The van der Waals surface area contributed by atoms with E-state index >= 15 is 0 Å². The van der Waals surface area contributed by atoms with Crippen LogP contribution in [-0.2, 0) is 14.3 Å². The van der Waals surface area contributed by atoms with Crippen LogP contribution in [0.4, 0.5) is 0 Å². The second-order valence-electron chi connectivity index (χ2n) is 8.13. The summed E-state index contributed by atoms with van der Waals surface area (Å²) < 4.78 is 16.4. The molecule has 1 saturated heterocycles. The molecule has 3 aromatic carbocycles. The molecular weight excluding hydrogens is 494 g/mol. The quantitative estimate of drug-likeness (QED) is 0.357. The van der Waals surface area contributed by atoms with Crippen molar-refractivity contribution in [3.63, 3.8) is 0 Å². The van der Waals surface area contributed by atoms with E-state index in [4.69, 9.17) is 14.2 Å². The Labute approximate surface area is 220 Å². The maximum atomic E-state index is 12.6. The SMILES string of the molecule is COc1ccc([C@H](NC(=O)COC(=O)COc2ccc(C3SCCCS3)cc2)c2ccccc2)cc1. The van der Waals surface area contributed by atoms with Gasteiger partial charge in [0.2, 0.25) is 0 Å². The van der Waals surface area contributed by atoms with Crippen molar-refractivity contribution in [2.45, 2.75) is 17.0 Å². The maximum absolute atomic E-state index is 12.6. The highest BCUT2D eigenvalue weighted by Gasteiger charge is 2.19. The molecule has 188 valence electrons. The topological polar surface area (TPSA) is 73.9 Å². The van der Waals surface area contributed by atoms with Crippen molar-refractivity contribution in [1.82, 2.24) is 5.32 Å². The molecule has 1 N–H and O–H groups in total. The van der Waals surface area contributed by atoms with Crippen molar-refractivity contribution in [3.8, 4) is 11.5 Å². The Morgan fingerprint density at radius 3 is 2.17 bits per heavy atom. The fourth-order valence-corrected chi connectivity index (χ4v) is 6.63. The summed E-state index contributed by atoms with van der Waals surface area (Å²) in [6.45, 7) is -0.656. The maximum Gasteiger partial charge on any atom is 0.344 e. The van der Waals surface area contributed by atoms with E-state index in [0.717, 1.165) is 16.9 Å². The third kappa shape index (κ3) is 7.45. The average Bonchev–Trinajstić information content (AvgIpc) is 2.95. The molecule has 0 aromatic heterocycles. The number of hydrogen-bond donors (Lipinski definition) is 1. The first kappa shape index (κ1) is 26.0. The Morgan fingerprint density at radius 2 is 1.50 bits per heavy atom. The number of benzene rings is 3. The van der Waals surface area contributed by atoms with Crippen LogP contribution in [0.25, 0.3) is 0 Å². The van der Waals surface area contributed by atoms with Gasteiger partial charge in [-0.3, -0.25) is 4.79 Å². The van der Waals surface area contributed by atoms with Crippen molar-refractivity contribution in [2.75, 3.05) is 31.8 Å². The number of thioether (sulfide) groups is 2. The molecule has 0 unspecified atom stereocenters. The minimum absolute atomic E-state index is 0.264. The van der Waals surface area contributed by atoms with Crippen LogP contribution in [0.2, 0.25) is 0 Å². The molecule has 3 aromatic rings. The average molecular weight is 524 g/mol. The Morgan fingerprint density at radius 1 is 0.861 bits per heavy atom. The van der Waals surface area contributed by atoms with E-state index in [-0.39, 0.29) is 6.61 Å². The lowest BCUT2D eigenvalue weighted by Crippen LogP contribution is -2.33.